The SMILES string of the molecule is CCCCC(CC)CNC(=O)C(C)OCC1CC1. The number of amides is 1. The number of hydrogen-bond donors (Lipinski definition) is 1. The topological polar surface area (TPSA) is 38.3 Å². The molecular formula is C15H29NO2. The van der Waals surface area contributed by atoms with Gasteiger partial charge in [-0.25, -0.2) is 0 Å². The molecule has 1 fully saturated rings. The molecule has 0 aromatic carbocycles. The van der Waals surface area contributed by atoms with Crippen LogP contribution in [0.5, 0.6) is 0 Å². The fourth-order valence-corrected chi connectivity index (χ4v) is 1.97. The maximum absolute atomic E-state index is 11.8. The highest BCUT2D eigenvalue weighted by molar-refractivity contribution is 5.80. The fraction of sp³-hybridized carbons (Fsp3) is 0.933. The molecule has 3 nitrogen and oxygen atoms in total. The molecule has 1 aliphatic rings. The maximum atomic E-state index is 11.8. The summed E-state index contributed by atoms with van der Waals surface area (Å²) in [6.07, 6.45) is 7.07. The minimum Gasteiger partial charge on any atom is -0.368 e. The summed E-state index contributed by atoms with van der Waals surface area (Å²) in [6, 6.07) is 0. The Bertz CT molecular complexity index is 239. The monoisotopic (exact) mass is 255 g/mol. The molecule has 0 radical (unpaired) electrons. The molecule has 0 bridgehead atoms. The summed E-state index contributed by atoms with van der Waals surface area (Å²) in [4.78, 5) is 11.8. The van der Waals surface area contributed by atoms with Crippen LogP contribution in [-0.4, -0.2) is 25.2 Å². The Balaban J connectivity index is 2.12. The normalized spacial score (nSPS) is 18.4. The van der Waals surface area contributed by atoms with Crippen LogP contribution in [0, 0.1) is 11.8 Å². The first-order chi connectivity index (χ1) is 8.67. The zero-order valence-corrected chi connectivity index (χ0v) is 12.2. The fourth-order valence-electron chi connectivity index (χ4n) is 1.97. The first kappa shape index (κ1) is 15.5. The predicted molar refractivity (Wildman–Crippen MR) is 74.5 cm³/mol. The van der Waals surface area contributed by atoms with Crippen molar-refractivity contribution in [2.75, 3.05) is 13.2 Å². The lowest BCUT2D eigenvalue weighted by atomic mass is 9.99. The van der Waals surface area contributed by atoms with Crippen LogP contribution in [0.15, 0.2) is 0 Å². The van der Waals surface area contributed by atoms with Gasteiger partial charge in [0.05, 0.1) is 6.61 Å². The van der Waals surface area contributed by atoms with Crippen LogP contribution in [0.1, 0.15) is 59.3 Å². The molecule has 0 aromatic heterocycles. The van der Waals surface area contributed by atoms with Gasteiger partial charge < -0.3 is 10.1 Å². The van der Waals surface area contributed by atoms with Crippen LogP contribution in [-0.2, 0) is 9.53 Å². The van der Waals surface area contributed by atoms with Crippen molar-refractivity contribution in [1.82, 2.24) is 5.32 Å². The molecule has 0 saturated heterocycles. The Morgan fingerprint density at radius 3 is 2.67 bits per heavy atom. The maximum Gasteiger partial charge on any atom is 0.248 e. The van der Waals surface area contributed by atoms with Crippen molar-refractivity contribution in [2.45, 2.75) is 65.4 Å². The van der Waals surface area contributed by atoms with Gasteiger partial charge in [0.15, 0.2) is 0 Å². The van der Waals surface area contributed by atoms with E-state index >= 15 is 0 Å². The van der Waals surface area contributed by atoms with Crippen molar-refractivity contribution in [2.24, 2.45) is 11.8 Å². The Morgan fingerprint density at radius 2 is 2.11 bits per heavy atom. The lowest BCUT2D eigenvalue weighted by Gasteiger charge is -2.18. The molecule has 1 aliphatic carbocycles. The van der Waals surface area contributed by atoms with Gasteiger partial charge >= 0.3 is 0 Å². The van der Waals surface area contributed by atoms with Crippen LogP contribution in [0.3, 0.4) is 0 Å². The van der Waals surface area contributed by atoms with Crippen LogP contribution >= 0.6 is 0 Å². The van der Waals surface area contributed by atoms with Crippen molar-refractivity contribution in [3.05, 3.63) is 0 Å². The van der Waals surface area contributed by atoms with Gasteiger partial charge in [-0.1, -0.05) is 33.1 Å². The minimum absolute atomic E-state index is 0.0469. The molecule has 1 saturated carbocycles. The van der Waals surface area contributed by atoms with Gasteiger partial charge in [-0.2, -0.15) is 0 Å². The zero-order chi connectivity index (χ0) is 13.4. The Hall–Kier alpha value is -0.570. The van der Waals surface area contributed by atoms with Crippen molar-refractivity contribution in [3.8, 4) is 0 Å². The van der Waals surface area contributed by atoms with E-state index in [-0.39, 0.29) is 12.0 Å². The second kappa shape index (κ2) is 8.52. The number of nitrogens with one attached hydrogen (secondary N) is 1. The Morgan fingerprint density at radius 1 is 1.39 bits per heavy atom. The van der Waals surface area contributed by atoms with E-state index in [1.54, 1.807) is 0 Å². The summed E-state index contributed by atoms with van der Waals surface area (Å²) in [6.45, 7) is 7.80. The van der Waals surface area contributed by atoms with Gasteiger partial charge in [0, 0.05) is 6.54 Å². The summed E-state index contributed by atoms with van der Waals surface area (Å²) in [5, 5.41) is 3.02. The van der Waals surface area contributed by atoms with E-state index in [1.807, 2.05) is 6.92 Å². The van der Waals surface area contributed by atoms with E-state index in [4.69, 9.17) is 4.74 Å². The van der Waals surface area contributed by atoms with Gasteiger partial charge in [-0.05, 0) is 38.0 Å². The zero-order valence-electron chi connectivity index (χ0n) is 12.2. The second-order valence-corrected chi connectivity index (χ2v) is 5.58. The van der Waals surface area contributed by atoms with E-state index < -0.39 is 0 Å². The van der Waals surface area contributed by atoms with Crippen molar-refractivity contribution < 1.29 is 9.53 Å². The smallest absolute Gasteiger partial charge is 0.248 e. The van der Waals surface area contributed by atoms with E-state index in [9.17, 15) is 4.79 Å². The molecule has 0 aliphatic heterocycles. The van der Waals surface area contributed by atoms with Gasteiger partial charge in [0.1, 0.15) is 6.10 Å². The first-order valence-electron chi connectivity index (χ1n) is 7.56. The standard InChI is InChI=1S/C15H29NO2/c1-4-6-7-13(5-2)10-16-15(17)12(3)18-11-14-8-9-14/h12-14H,4-11H2,1-3H3,(H,16,17). The van der Waals surface area contributed by atoms with E-state index in [0.29, 0.717) is 11.8 Å². The lowest BCUT2D eigenvalue weighted by molar-refractivity contribution is -0.132. The second-order valence-electron chi connectivity index (χ2n) is 5.58. The van der Waals surface area contributed by atoms with Crippen LogP contribution in [0.4, 0.5) is 0 Å². The van der Waals surface area contributed by atoms with E-state index in [2.05, 4.69) is 19.2 Å². The number of ether oxygens (including phenoxy) is 1. The lowest BCUT2D eigenvalue weighted by Crippen LogP contribution is -2.37. The first-order valence-corrected chi connectivity index (χ1v) is 7.56. The van der Waals surface area contributed by atoms with E-state index in [0.717, 1.165) is 19.6 Å². The molecule has 1 amide bonds. The summed E-state index contributed by atoms with van der Waals surface area (Å²) in [5.74, 6) is 1.38. The number of carbonyl (C=O) groups is 1. The molecule has 0 aromatic rings. The van der Waals surface area contributed by atoms with Crippen LogP contribution in [0.25, 0.3) is 0 Å². The highest BCUT2D eigenvalue weighted by atomic mass is 16.5. The molecule has 18 heavy (non-hydrogen) atoms. The van der Waals surface area contributed by atoms with Gasteiger partial charge in [-0.3, -0.25) is 4.79 Å². The molecule has 0 spiro atoms. The average Bonchev–Trinajstić information content (AvgIpc) is 3.19. The number of rotatable bonds is 10. The molecule has 3 heteroatoms. The Kier molecular flexibility index (Phi) is 7.33. The van der Waals surface area contributed by atoms with Crippen LogP contribution in [0.2, 0.25) is 0 Å². The minimum atomic E-state index is -0.297. The van der Waals surface area contributed by atoms with Crippen molar-refractivity contribution >= 4 is 5.91 Å². The molecule has 0 heterocycles. The third-order valence-corrected chi connectivity index (χ3v) is 3.76. The quantitative estimate of drug-likeness (QED) is 0.651. The predicted octanol–water partition coefficient (Wildman–Crippen LogP) is 3.13. The number of unbranched alkanes of at least 4 members (excludes halogenated alkanes) is 1. The third-order valence-electron chi connectivity index (χ3n) is 3.76. The molecular weight excluding hydrogens is 226 g/mol. The summed E-state index contributed by atoms with van der Waals surface area (Å²) >= 11 is 0. The Labute approximate surface area is 112 Å². The average molecular weight is 255 g/mol. The molecule has 1 rings (SSSR count). The third kappa shape index (κ3) is 6.39. The van der Waals surface area contributed by atoms with Gasteiger partial charge in [0.25, 0.3) is 0 Å². The number of carbonyl (C=O) groups excluding carboxylic acids is 1. The van der Waals surface area contributed by atoms with Crippen LogP contribution < -0.4 is 5.32 Å². The summed E-state index contributed by atoms with van der Waals surface area (Å²) in [7, 11) is 0. The summed E-state index contributed by atoms with van der Waals surface area (Å²) < 4.78 is 5.56. The molecule has 2 unspecified atom stereocenters. The van der Waals surface area contributed by atoms with Gasteiger partial charge in [-0.15, -0.1) is 0 Å². The highest BCUT2D eigenvalue weighted by Crippen LogP contribution is 2.29. The van der Waals surface area contributed by atoms with Gasteiger partial charge in [0.2, 0.25) is 5.91 Å². The molecule has 106 valence electrons. The molecule has 2 atom stereocenters. The van der Waals surface area contributed by atoms with E-state index in [1.165, 1.54) is 32.1 Å². The highest BCUT2D eigenvalue weighted by Gasteiger charge is 2.24. The summed E-state index contributed by atoms with van der Waals surface area (Å²) in [5.41, 5.74) is 0. The number of hydrogen-bond acceptors (Lipinski definition) is 2. The van der Waals surface area contributed by atoms with Crippen molar-refractivity contribution in [1.29, 1.82) is 0 Å². The van der Waals surface area contributed by atoms with Crippen molar-refractivity contribution in [3.63, 3.8) is 0 Å². The largest absolute Gasteiger partial charge is 0.368 e. The molecule has 1 N–H and O–H groups in total.